The maximum atomic E-state index is 11.3. The predicted molar refractivity (Wildman–Crippen MR) is 123 cm³/mol. The Balaban J connectivity index is 0.000000176. The summed E-state index contributed by atoms with van der Waals surface area (Å²) in [7, 11) is 0. The summed E-state index contributed by atoms with van der Waals surface area (Å²) in [6.45, 7) is 5.37. The van der Waals surface area contributed by atoms with E-state index in [4.69, 9.17) is 21.8 Å². The number of carboxylic acid groups (broad SMARTS) is 1. The van der Waals surface area contributed by atoms with Crippen LogP contribution in [-0.2, 0) is 0 Å². The average Bonchev–Trinajstić information content (AvgIpc) is 2.75. The Morgan fingerprint density at radius 1 is 0.939 bits per heavy atom. The first kappa shape index (κ1) is 24.4. The predicted octanol–water partition coefficient (Wildman–Crippen LogP) is 2.14. The van der Waals surface area contributed by atoms with E-state index in [1.165, 1.54) is 12.5 Å². The van der Waals surface area contributed by atoms with Crippen LogP contribution in [0.2, 0.25) is 0 Å². The highest BCUT2D eigenvalue weighted by atomic mass is 16.4. The molecule has 4 rings (SSSR count). The fourth-order valence-corrected chi connectivity index (χ4v) is 2.73. The maximum absolute atomic E-state index is 11.3. The molecule has 0 spiro atoms. The van der Waals surface area contributed by atoms with Crippen LogP contribution in [0.4, 0.5) is 11.6 Å². The van der Waals surface area contributed by atoms with E-state index in [2.05, 4.69) is 24.9 Å². The Labute approximate surface area is 188 Å². The molecular formula is C22H22N8O3. The summed E-state index contributed by atoms with van der Waals surface area (Å²) in [5.41, 5.74) is 14.1. The molecule has 0 aliphatic rings. The lowest BCUT2D eigenvalue weighted by Crippen LogP contribution is -2.08. The largest absolute Gasteiger partial charge is 0.478 e. The molecule has 0 atom stereocenters. The minimum Gasteiger partial charge on any atom is -0.478 e. The number of hydrogen-bond acceptors (Lipinski definition) is 9. The molecule has 11 nitrogen and oxygen atoms in total. The summed E-state index contributed by atoms with van der Waals surface area (Å²) in [4.78, 5) is 39.6. The van der Waals surface area contributed by atoms with E-state index in [0.29, 0.717) is 28.0 Å². The molecule has 168 valence electrons. The average molecular weight is 446 g/mol. The van der Waals surface area contributed by atoms with Crippen LogP contribution in [0.3, 0.4) is 0 Å². The number of aromatic amines is 1. The SMILES string of the molecule is Cc1ccnc(N)c1C#N.Cc1ccnc(N)c1C(=O)O.Cc1ccnc2nc[nH]c(=O)c12. The summed E-state index contributed by atoms with van der Waals surface area (Å²) in [5.74, 6) is -0.659. The van der Waals surface area contributed by atoms with Crippen LogP contribution in [0.25, 0.3) is 11.0 Å². The Hall–Kier alpha value is -4.85. The van der Waals surface area contributed by atoms with Gasteiger partial charge in [0.2, 0.25) is 0 Å². The molecule has 0 radical (unpaired) electrons. The number of nitrogens with two attached hydrogens (primary N) is 2. The molecule has 33 heavy (non-hydrogen) atoms. The number of pyridine rings is 3. The van der Waals surface area contributed by atoms with Gasteiger partial charge < -0.3 is 21.6 Å². The van der Waals surface area contributed by atoms with E-state index in [0.717, 1.165) is 11.1 Å². The van der Waals surface area contributed by atoms with E-state index >= 15 is 0 Å². The van der Waals surface area contributed by atoms with Crippen LogP contribution < -0.4 is 17.0 Å². The molecule has 4 aromatic heterocycles. The van der Waals surface area contributed by atoms with Crippen molar-refractivity contribution in [1.29, 1.82) is 5.26 Å². The van der Waals surface area contributed by atoms with Crippen molar-refractivity contribution in [3.63, 3.8) is 0 Å². The number of aromatic carboxylic acids is 1. The molecule has 0 aliphatic heterocycles. The van der Waals surface area contributed by atoms with Gasteiger partial charge in [-0.3, -0.25) is 4.79 Å². The van der Waals surface area contributed by atoms with E-state index in [9.17, 15) is 9.59 Å². The smallest absolute Gasteiger partial charge is 0.339 e. The molecule has 0 unspecified atom stereocenters. The standard InChI is InChI=1S/C8H7N3O.C7H7N3.C7H8N2O2/c1-5-2-3-9-7-6(5)8(12)11-4-10-7;1-5-2-3-10-7(9)6(5)4-8;1-4-2-3-9-6(8)5(4)7(10)11/h2-4H,1H3,(H,9,10,11,12);2-3H,1H3,(H2,9,10);2-3H,1H3,(H2,8,9)(H,10,11). The molecule has 0 bridgehead atoms. The van der Waals surface area contributed by atoms with Gasteiger partial charge in [0.1, 0.15) is 23.3 Å². The van der Waals surface area contributed by atoms with Crippen LogP contribution in [0.5, 0.6) is 0 Å². The van der Waals surface area contributed by atoms with Crippen molar-refractivity contribution in [1.82, 2.24) is 24.9 Å². The van der Waals surface area contributed by atoms with Crippen LogP contribution in [-0.4, -0.2) is 36.0 Å². The molecule has 0 fully saturated rings. The van der Waals surface area contributed by atoms with Gasteiger partial charge in [0, 0.05) is 18.6 Å². The summed E-state index contributed by atoms with van der Waals surface area (Å²) in [6, 6.07) is 7.14. The van der Waals surface area contributed by atoms with Crippen molar-refractivity contribution in [2.45, 2.75) is 20.8 Å². The van der Waals surface area contributed by atoms with Gasteiger partial charge in [0.15, 0.2) is 5.65 Å². The first-order chi connectivity index (χ1) is 15.7. The topological polar surface area (TPSA) is 198 Å². The lowest BCUT2D eigenvalue weighted by Gasteiger charge is -2.01. The number of aryl methyl sites for hydroxylation is 3. The molecule has 0 saturated heterocycles. The second kappa shape index (κ2) is 11.0. The fourth-order valence-electron chi connectivity index (χ4n) is 2.73. The van der Waals surface area contributed by atoms with Crippen LogP contribution >= 0.6 is 0 Å². The number of nitriles is 1. The number of anilines is 2. The second-order valence-electron chi connectivity index (χ2n) is 6.75. The van der Waals surface area contributed by atoms with E-state index in [1.807, 2.05) is 19.9 Å². The third kappa shape index (κ3) is 6.08. The Kier molecular flexibility index (Phi) is 8.11. The number of nitrogen functional groups attached to an aromatic ring is 2. The van der Waals surface area contributed by atoms with Gasteiger partial charge in [-0.1, -0.05) is 0 Å². The van der Waals surface area contributed by atoms with Crippen molar-refractivity contribution in [2.75, 3.05) is 11.5 Å². The van der Waals surface area contributed by atoms with Crippen molar-refractivity contribution in [3.05, 3.63) is 81.3 Å². The summed E-state index contributed by atoms with van der Waals surface area (Å²) in [5, 5.41) is 17.7. The van der Waals surface area contributed by atoms with Crippen LogP contribution in [0.15, 0.2) is 47.9 Å². The van der Waals surface area contributed by atoms with E-state index < -0.39 is 5.97 Å². The van der Waals surface area contributed by atoms with Crippen molar-refractivity contribution in [3.8, 4) is 6.07 Å². The van der Waals surface area contributed by atoms with Gasteiger partial charge in [-0.05, 0) is 55.7 Å². The molecule has 4 aromatic rings. The highest BCUT2D eigenvalue weighted by molar-refractivity contribution is 5.94. The van der Waals surface area contributed by atoms with Gasteiger partial charge in [-0.25, -0.2) is 24.7 Å². The van der Waals surface area contributed by atoms with Gasteiger partial charge in [-0.15, -0.1) is 0 Å². The van der Waals surface area contributed by atoms with Crippen molar-refractivity contribution in [2.24, 2.45) is 0 Å². The number of carbonyl (C=O) groups is 1. The summed E-state index contributed by atoms with van der Waals surface area (Å²) >= 11 is 0. The van der Waals surface area contributed by atoms with Crippen LogP contribution in [0, 0.1) is 32.1 Å². The maximum Gasteiger partial charge on any atom is 0.339 e. The van der Waals surface area contributed by atoms with Gasteiger partial charge in [0.25, 0.3) is 5.56 Å². The third-order valence-corrected chi connectivity index (χ3v) is 4.45. The molecule has 11 heteroatoms. The molecule has 0 saturated carbocycles. The van der Waals surface area contributed by atoms with Gasteiger partial charge in [-0.2, -0.15) is 5.26 Å². The third-order valence-electron chi connectivity index (χ3n) is 4.45. The van der Waals surface area contributed by atoms with Crippen LogP contribution in [0.1, 0.15) is 32.6 Å². The first-order valence-corrected chi connectivity index (χ1v) is 9.51. The lowest BCUT2D eigenvalue weighted by atomic mass is 10.1. The zero-order valence-corrected chi connectivity index (χ0v) is 18.2. The molecule has 0 aliphatic carbocycles. The number of nitrogens with one attached hydrogen (secondary N) is 1. The zero-order chi connectivity index (χ0) is 24.5. The molecule has 0 aromatic carbocycles. The number of carboxylic acids is 1. The number of hydrogen-bond donors (Lipinski definition) is 4. The van der Waals surface area contributed by atoms with Gasteiger partial charge in [0.05, 0.1) is 17.3 Å². The Morgan fingerprint density at radius 3 is 2.00 bits per heavy atom. The Morgan fingerprint density at radius 2 is 1.52 bits per heavy atom. The summed E-state index contributed by atoms with van der Waals surface area (Å²) < 4.78 is 0. The van der Waals surface area contributed by atoms with Gasteiger partial charge >= 0.3 is 5.97 Å². The number of aromatic nitrogens is 5. The minimum atomic E-state index is -1.03. The molecule has 0 amide bonds. The highest BCUT2D eigenvalue weighted by Crippen LogP contribution is 2.12. The number of rotatable bonds is 1. The molecular weight excluding hydrogens is 424 g/mol. The Bertz CT molecular complexity index is 1350. The number of H-pyrrole nitrogens is 1. The number of nitrogens with zero attached hydrogens (tertiary/aromatic N) is 5. The fraction of sp³-hybridized carbons (Fsp3) is 0.136. The zero-order valence-electron chi connectivity index (χ0n) is 18.2. The quantitative estimate of drug-likeness (QED) is 0.336. The second-order valence-corrected chi connectivity index (χ2v) is 6.75. The minimum absolute atomic E-state index is 0.0671. The normalized spacial score (nSPS) is 9.64. The van der Waals surface area contributed by atoms with E-state index in [-0.39, 0.29) is 16.9 Å². The number of fused-ring (bicyclic) bond motifs is 1. The van der Waals surface area contributed by atoms with Crippen molar-refractivity contribution >= 4 is 28.6 Å². The van der Waals surface area contributed by atoms with E-state index in [1.54, 1.807) is 37.5 Å². The first-order valence-electron chi connectivity index (χ1n) is 9.51. The van der Waals surface area contributed by atoms with Crippen molar-refractivity contribution < 1.29 is 9.90 Å². The molecule has 4 heterocycles. The lowest BCUT2D eigenvalue weighted by molar-refractivity contribution is 0.0697. The molecule has 6 N–H and O–H groups in total. The highest BCUT2D eigenvalue weighted by Gasteiger charge is 2.10. The monoisotopic (exact) mass is 446 g/mol. The summed E-state index contributed by atoms with van der Waals surface area (Å²) in [6.07, 6.45) is 6.07.